The highest BCUT2D eigenvalue weighted by atomic mass is 35.5. The summed E-state index contributed by atoms with van der Waals surface area (Å²) >= 11 is 6.45. The highest BCUT2D eigenvalue weighted by Gasteiger charge is 2.25. The van der Waals surface area contributed by atoms with Gasteiger partial charge in [-0.2, -0.15) is 0 Å². The maximum Gasteiger partial charge on any atom is 0.515 e. The number of aromatic nitrogens is 6. The van der Waals surface area contributed by atoms with Crippen molar-refractivity contribution in [2.24, 2.45) is 0 Å². The van der Waals surface area contributed by atoms with Crippen molar-refractivity contribution in [1.29, 1.82) is 0 Å². The average molecular weight is 720 g/mol. The first kappa shape index (κ1) is 36.4. The van der Waals surface area contributed by atoms with Crippen LogP contribution in [-0.4, -0.2) is 60.4 Å². The number of ether oxygens (including phenoxy) is 4. The molecule has 1 unspecified atom stereocenters. The van der Waals surface area contributed by atoms with Gasteiger partial charge in [0.05, 0.1) is 0 Å². The molecule has 266 valence electrons. The van der Waals surface area contributed by atoms with Crippen molar-refractivity contribution >= 4 is 23.7 Å². The van der Waals surface area contributed by atoms with E-state index in [2.05, 4.69) is 32.2 Å². The highest BCUT2D eigenvalue weighted by molar-refractivity contribution is 6.32. The number of hydrogen-bond donors (Lipinski definition) is 0. The van der Waals surface area contributed by atoms with Crippen molar-refractivity contribution in [3.63, 3.8) is 0 Å². The van der Waals surface area contributed by atoms with Crippen molar-refractivity contribution in [1.82, 2.24) is 29.8 Å². The number of unbranched alkanes of at least 4 members (excludes halogenated alkanes) is 1. The van der Waals surface area contributed by atoms with Gasteiger partial charge in [-0.25, -0.2) is 14.6 Å². The zero-order valence-electron chi connectivity index (χ0n) is 27.9. The molecule has 1 atom stereocenters. The number of para-hydroxylation sites is 1. The molecule has 2 heterocycles. The number of benzene rings is 3. The van der Waals surface area contributed by atoms with Gasteiger partial charge in [0, 0.05) is 31.2 Å². The lowest BCUT2D eigenvalue weighted by atomic mass is 9.98. The quantitative estimate of drug-likeness (QED) is 0.0365. The second-order valence-electron chi connectivity index (χ2n) is 11.0. The lowest BCUT2D eigenvalue weighted by Crippen LogP contribution is -2.21. The molecule has 51 heavy (non-hydrogen) atoms. The molecule has 3 aromatic carbocycles. The fourth-order valence-corrected chi connectivity index (χ4v) is 5.27. The number of aryl methyl sites for hydroxylation is 1. The first-order valence-corrected chi connectivity index (χ1v) is 16.2. The third-order valence-corrected chi connectivity index (χ3v) is 7.84. The van der Waals surface area contributed by atoms with E-state index in [9.17, 15) is 19.7 Å². The van der Waals surface area contributed by atoms with Gasteiger partial charge in [-0.05, 0) is 41.3 Å². The standard InChI is InChI=1S/C34H34ClN7O9/c1-4-5-14-29-36-31(35)30(33(43)50-22(2)47-3)40(29)19-23-15-17-24(18-16-23)26-11-7-8-12-27(26)32-37-39-41(38-32)21-48-34(44)51-28-13-9-6-10-25(28)20-49-42(45)46/h6-13,15-18,22H,4-5,14,19-21H2,1-3H3. The van der Waals surface area contributed by atoms with Crippen LogP contribution >= 0.6 is 11.6 Å². The van der Waals surface area contributed by atoms with E-state index in [4.69, 9.17) is 30.5 Å². The van der Waals surface area contributed by atoms with Crippen molar-refractivity contribution < 1.29 is 38.5 Å². The number of hydrogen-bond acceptors (Lipinski definition) is 13. The maximum atomic E-state index is 13.0. The second-order valence-corrected chi connectivity index (χ2v) is 11.4. The van der Waals surface area contributed by atoms with Crippen molar-refractivity contribution in [2.45, 2.75) is 59.3 Å². The van der Waals surface area contributed by atoms with E-state index in [1.165, 1.54) is 19.2 Å². The molecule has 0 N–H and O–H groups in total. The number of imidazole rings is 1. The first-order valence-electron chi connectivity index (χ1n) is 15.8. The molecular weight excluding hydrogens is 686 g/mol. The molecule has 0 amide bonds. The van der Waals surface area contributed by atoms with Crippen molar-refractivity contribution in [3.05, 3.63) is 111 Å². The van der Waals surface area contributed by atoms with E-state index < -0.39 is 36.8 Å². The third kappa shape index (κ3) is 9.43. The van der Waals surface area contributed by atoms with Gasteiger partial charge in [-0.1, -0.05) is 91.7 Å². The number of tetrazole rings is 1. The molecule has 2 aromatic heterocycles. The Morgan fingerprint density at radius 3 is 2.47 bits per heavy atom. The minimum absolute atomic E-state index is 0.0435. The van der Waals surface area contributed by atoms with Gasteiger partial charge in [-0.15, -0.1) is 25.1 Å². The Hall–Kier alpha value is -5.87. The Balaban J connectivity index is 1.28. The fraction of sp³-hybridized carbons (Fsp3) is 0.294. The summed E-state index contributed by atoms with van der Waals surface area (Å²) in [5.74, 6) is 0.397. The molecule has 0 spiro atoms. The number of rotatable bonds is 16. The molecule has 0 radical (unpaired) electrons. The van der Waals surface area contributed by atoms with Crippen molar-refractivity contribution in [2.75, 3.05) is 7.11 Å². The summed E-state index contributed by atoms with van der Waals surface area (Å²) in [6.07, 6.45) is 0.632. The van der Waals surface area contributed by atoms with E-state index in [1.54, 1.807) is 23.6 Å². The second kappa shape index (κ2) is 17.2. The summed E-state index contributed by atoms with van der Waals surface area (Å²) in [5, 5.41) is 22.2. The number of methoxy groups -OCH3 is 1. The van der Waals surface area contributed by atoms with Crippen LogP contribution in [0.3, 0.4) is 0 Å². The van der Waals surface area contributed by atoms with Crippen molar-refractivity contribution in [3.8, 4) is 28.3 Å². The molecule has 0 aliphatic carbocycles. The number of nitrogens with zero attached hydrogens (tertiary/aromatic N) is 7. The van der Waals surface area contributed by atoms with Gasteiger partial charge in [0.1, 0.15) is 18.2 Å². The van der Waals surface area contributed by atoms with E-state index in [0.717, 1.165) is 34.3 Å². The topological polar surface area (TPSA) is 185 Å². The predicted octanol–water partition coefficient (Wildman–Crippen LogP) is 6.28. The Morgan fingerprint density at radius 1 is 1.02 bits per heavy atom. The van der Waals surface area contributed by atoms with Crippen LogP contribution in [0.25, 0.3) is 22.5 Å². The molecule has 5 aromatic rings. The lowest BCUT2D eigenvalue weighted by molar-refractivity contribution is -0.763. The van der Waals surface area contributed by atoms with Crippen LogP contribution in [-0.2, 0) is 45.4 Å². The number of carbonyl (C=O) groups excluding carboxylic acids is 2. The smallest absolute Gasteiger partial charge is 0.431 e. The Morgan fingerprint density at radius 2 is 1.75 bits per heavy atom. The number of esters is 1. The molecule has 0 fully saturated rings. The molecular formula is C34H34ClN7O9. The molecule has 5 rings (SSSR count). The lowest BCUT2D eigenvalue weighted by Gasteiger charge is -2.15. The summed E-state index contributed by atoms with van der Waals surface area (Å²) in [7, 11) is 1.45. The molecule has 16 nitrogen and oxygen atoms in total. The van der Waals surface area contributed by atoms with Crippen LogP contribution in [0, 0.1) is 10.1 Å². The van der Waals surface area contributed by atoms with Gasteiger partial charge < -0.3 is 28.4 Å². The Bertz CT molecular complexity index is 1980. The molecule has 17 heteroatoms. The van der Waals surface area contributed by atoms with Crippen LogP contribution in [0.15, 0.2) is 72.8 Å². The normalized spacial score (nSPS) is 11.5. The summed E-state index contributed by atoms with van der Waals surface area (Å²) < 4.78 is 22.6. The molecule has 0 saturated heterocycles. The number of halogens is 1. The monoisotopic (exact) mass is 719 g/mol. The predicted molar refractivity (Wildman–Crippen MR) is 181 cm³/mol. The minimum atomic E-state index is -1.08. The van der Waals surface area contributed by atoms with Gasteiger partial charge in [0.25, 0.3) is 5.09 Å². The van der Waals surface area contributed by atoms with Gasteiger partial charge in [0.2, 0.25) is 12.6 Å². The Labute approximate surface area is 296 Å². The van der Waals surface area contributed by atoms with Crippen LogP contribution in [0.4, 0.5) is 4.79 Å². The van der Waals surface area contributed by atoms with Crippen LogP contribution in [0.2, 0.25) is 5.15 Å². The fourth-order valence-electron chi connectivity index (χ4n) is 4.99. The highest BCUT2D eigenvalue weighted by Crippen LogP contribution is 2.31. The molecule has 0 aliphatic rings. The maximum absolute atomic E-state index is 13.0. The largest absolute Gasteiger partial charge is 0.515 e. The van der Waals surface area contributed by atoms with Crippen LogP contribution in [0.1, 0.15) is 54.1 Å². The number of carbonyl (C=O) groups is 2. The zero-order valence-corrected chi connectivity index (χ0v) is 28.7. The summed E-state index contributed by atoms with van der Waals surface area (Å²) in [4.78, 5) is 45.9. The average Bonchev–Trinajstić information content (AvgIpc) is 3.73. The first-order chi connectivity index (χ1) is 24.7. The van der Waals surface area contributed by atoms with E-state index in [-0.39, 0.29) is 28.0 Å². The van der Waals surface area contributed by atoms with Crippen LogP contribution < -0.4 is 4.74 Å². The van der Waals surface area contributed by atoms with E-state index >= 15 is 0 Å². The molecule has 0 bridgehead atoms. The van der Waals surface area contributed by atoms with Gasteiger partial charge >= 0.3 is 12.1 Å². The SMILES string of the molecule is CCCCc1nc(Cl)c(C(=O)OC(C)OC)n1Cc1ccc(-c2ccccc2-c2nnn(COC(=O)Oc3ccccc3CO[N+](=O)[O-])n2)cc1. The van der Waals surface area contributed by atoms with E-state index in [1.807, 2.05) is 48.5 Å². The minimum Gasteiger partial charge on any atom is -0.431 e. The van der Waals surface area contributed by atoms with Crippen LogP contribution in [0.5, 0.6) is 5.75 Å². The third-order valence-electron chi connectivity index (χ3n) is 7.57. The van der Waals surface area contributed by atoms with Gasteiger partial charge in [0.15, 0.2) is 17.1 Å². The zero-order chi connectivity index (χ0) is 36.3. The Kier molecular flexibility index (Phi) is 12.3. The summed E-state index contributed by atoms with van der Waals surface area (Å²) in [5.41, 5.74) is 3.72. The summed E-state index contributed by atoms with van der Waals surface area (Å²) in [6, 6.07) is 21.4. The van der Waals surface area contributed by atoms with Gasteiger partial charge in [-0.3, -0.25) is 0 Å². The molecule has 0 saturated carbocycles. The summed E-state index contributed by atoms with van der Waals surface area (Å²) in [6.45, 7) is 3.22. The molecule has 0 aliphatic heterocycles. The van der Waals surface area contributed by atoms with E-state index in [0.29, 0.717) is 24.4 Å².